The number of benzene rings is 2. The molecule has 1 aliphatic heterocycles. The molecule has 3 aromatic rings. The standard InChI is InChI=1S/C26H25F4N3O4/c1-16(34)21-12-18(19-13-31-32(2)14-19)5-8-23(21)36-24-9-10-33(15-22(24)27)25(35)11-17-3-6-20(7-4-17)37-26(28,29)30/h3-8,12-14,22,24H,9-11,15H2,1-2H3. The van der Waals surface area contributed by atoms with Gasteiger partial charge in [-0.15, -0.1) is 13.2 Å². The first-order valence-corrected chi connectivity index (χ1v) is 11.6. The summed E-state index contributed by atoms with van der Waals surface area (Å²) >= 11 is 0. The summed E-state index contributed by atoms with van der Waals surface area (Å²) in [6.07, 6.45) is -3.51. The highest BCUT2D eigenvalue weighted by molar-refractivity contribution is 5.98. The van der Waals surface area contributed by atoms with Crippen molar-refractivity contribution in [3.63, 3.8) is 0 Å². The lowest BCUT2D eigenvalue weighted by atomic mass is 10.0. The number of ether oxygens (including phenoxy) is 2. The maximum atomic E-state index is 15.0. The predicted molar refractivity (Wildman–Crippen MR) is 126 cm³/mol. The second kappa shape index (κ2) is 10.6. The van der Waals surface area contributed by atoms with Crippen molar-refractivity contribution in [3.05, 3.63) is 66.0 Å². The van der Waals surface area contributed by atoms with Crippen LogP contribution in [0, 0.1) is 0 Å². The minimum Gasteiger partial charge on any atom is -0.486 e. The SMILES string of the molecule is CC(=O)c1cc(-c2cnn(C)c2)ccc1OC1CCN(C(=O)Cc2ccc(OC(F)(F)F)cc2)CC1F. The summed E-state index contributed by atoms with van der Waals surface area (Å²) in [5.41, 5.74) is 2.41. The second-order valence-electron chi connectivity index (χ2n) is 8.84. The number of rotatable bonds is 7. The van der Waals surface area contributed by atoms with Crippen molar-refractivity contribution < 1.29 is 36.6 Å². The van der Waals surface area contributed by atoms with Crippen LogP contribution in [0.1, 0.15) is 29.3 Å². The molecular weight excluding hydrogens is 494 g/mol. The first kappa shape index (κ1) is 26.2. The van der Waals surface area contributed by atoms with E-state index in [1.165, 1.54) is 24.0 Å². The van der Waals surface area contributed by atoms with Crippen LogP contribution in [0.15, 0.2) is 54.9 Å². The van der Waals surface area contributed by atoms with Crippen LogP contribution in [0.25, 0.3) is 11.1 Å². The van der Waals surface area contributed by atoms with Gasteiger partial charge in [-0.1, -0.05) is 18.2 Å². The van der Waals surface area contributed by atoms with Crippen LogP contribution in [0.5, 0.6) is 11.5 Å². The van der Waals surface area contributed by atoms with E-state index in [2.05, 4.69) is 9.84 Å². The van der Waals surface area contributed by atoms with Gasteiger partial charge in [-0.05, 0) is 42.3 Å². The Kier molecular flexibility index (Phi) is 7.51. The van der Waals surface area contributed by atoms with E-state index >= 15 is 4.39 Å². The number of carbonyl (C=O) groups excluding carboxylic acids is 2. The zero-order valence-electron chi connectivity index (χ0n) is 20.2. The fourth-order valence-corrected chi connectivity index (χ4v) is 4.16. The van der Waals surface area contributed by atoms with E-state index in [4.69, 9.17) is 4.74 Å². The quantitative estimate of drug-likeness (QED) is 0.333. The summed E-state index contributed by atoms with van der Waals surface area (Å²) in [4.78, 5) is 26.3. The molecule has 2 atom stereocenters. The molecule has 196 valence electrons. The number of hydrogen-bond acceptors (Lipinski definition) is 5. The van der Waals surface area contributed by atoms with Gasteiger partial charge >= 0.3 is 6.36 Å². The third kappa shape index (κ3) is 6.66. The summed E-state index contributed by atoms with van der Waals surface area (Å²) < 4.78 is 63.3. The molecule has 0 aliphatic carbocycles. The molecule has 11 heteroatoms. The van der Waals surface area contributed by atoms with Crippen molar-refractivity contribution in [2.45, 2.75) is 38.4 Å². The fourth-order valence-electron chi connectivity index (χ4n) is 4.16. The average Bonchev–Trinajstić information content (AvgIpc) is 3.27. The minimum absolute atomic E-state index is 0.0885. The molecule has 7 nitrogen and oxygen atoms in total. The Labute approximate surface area is 210 Å². The molecule has 2 heterocycles. The Bertz CT molecular complexity index is 1270. The van der Waals surface area contributed by atoms with E-state index in [1.54, 1.807) is 36.1 Å². The molecule has 0 saturated carbocycles. The Hall–Kier alpha value is -3.89. The maximum absolute atomic E-state index is 15.0. The smallest absolute Gasteiger partial charge is 0.486 e. The highest BCUT2D eigenvalue weighted by Gasteiger charge is 2.34. The maximum Gasteiger partial charge on any atom is 0.573 e. The van der Waals surface area contributed by atoms with Crippen molar-refractivity contribution in [2.75, 3.05) is 13.1 Å². The summed E-state index contributed by atoms with van der Waals surface area (Å²) in [7, 11) is 1.79. The van der Waals surface area contributed by atoms with Gasteiger partial charge in [0.2, 0.25) is 5.91 Å². The molecule has 1 aromatic heterocycles. The van der Waals surface area contributed by atoms with E-state index in [0.717, 1.165) is 23.3 Å². The number of hydrogen-bond donors (Lipinski definition) is 0. The summed E-state index contributed by atoms with van der Waals surface area (Å²) in [5, 5.41) is 4.13. The van der Waals surface area contributed by atoms with Crippen molar-refractivity contribution in [2.24, 2.45) is 7.05 Å². The molecule has 1 aliphatic rings. The van der Waals surface area contributed by atoms with Gasteiger partial charge < -0.3 is 14.4 Å². The van der Waals surface area contributed by atoms with E-state index in [9.17, 15) is 22.8 Å². The number of piperidine rings is 1. The van der Waals surface area contributed by atoms with Gasteiger partial charge in [-0.2, -0.15) is 5.10 Å². The number of nitrogens with zero attached hydrogens (tertiary/aromatic N) is 3. The Morgan fingerprint density at radius 3 is 2.43 bits per heavy atom. The van der Waals surface area contributed by atoms with Crippen LogP contribution in [0.4, 0.5) is 17.6 Å². The third-order valence-electron chi connectivity index (χ3n) is 6.02. The van der Waals surface area contributed by atoms with Gasteiger partial charge in [-0.25, -0.2) is 4.39 Å². The summed E-state index contributed by atoms with van der Waals surface area (Å²) in [6.45, 7) is 1.45. The second-order valence-corrected chi connectivity index (χ2v) is 8.84. The molecule has 2 aromatic carbocycles. The highest BCUT2D eigenvalue weighted by atomic mass is 19.4. The van der Waals surface area contributed by atoms with Gasteiger partial charge in [0.25, 0.3) is 0 Å². The fraction of sp³-hybridized carbons (Fsp3) is 0.346. The summed E-state index contributed by atoms with van der Waals surface area (Å²) in [6, 6.07) is 10.1. The van der Waals surface area contributed by atoms with Crippen LogP contribution < -0.4 is 9.47 Å². The van der Waals surface area contributed by atoms with Crippen LogP contribution in [0.3, 0.4) is 0 Å². The molecule has 2 unspecified atom stereocenters. The molecule has 37 heavy (non-hydrogen) atoms. The lowest BCUT2D eigenvalue weighted by molar-refractivity contribution is -0.274. The zero-order chi connectivity index (χ0) is 26.7. The normalized spacial score (nSPS) is 17.9. The Morgan fingerprint density at radius 1 is 1.11 bits per heavy atom. The van der Waals surface area contributed by atoms with Gasteiger partial charge in [0, 0.05) is 31.8 Å². The van der Waals surface area contributed by atoms with Crippen LogP contribution in [-0.4, -0.2) is 58.1 Å². The van der Waals surface area contributed by atoms with Crippen LogP contribution >= 0.6 is 0 Å². The van der Waals surface area contributed by atoms with Crippen LogP contribution in [-0.2, 0) is 18.3 Å². The molecule has 1 fully saturated rings. The monoisotopic (exact) mass is 519 g/mol. The van der Waals surface area contributed by atoms with E-state index < -0.39 is 18.6 Å². The lowest BCUT2D eigenvalue weighted by Crippen LogP contribution is -2.49. The van der Waals surface area contributed by atoms with E-state index in [1.807, 2.05) is 6.20 Å². The first-order chi connectivity index (χ1) is 17.5. The number of aryl methyl sites for hydroxylation is 1. The number of likely N-dealkylation sites (tertiary alicyclic amines) is 1. The van der Waals surface area contributed by atoms with Crippen molar-refractivity contribution in [3.8, 4) is 22.6 Å². The highest BCUT2D eigenvalue weighted by Crippen LogP contribution is 2.30. The van der Waals surface area contributed by atoms with Gasteiger partial charge in [0.15, 0.2) is 12.0 Å². The Balaban J connectivity index is 1.37. The van der Waals surface area contributed by atoms with Crippen molar-refractivity contribution in [1.82, 2.24) is 14.7 Å². The lowest BCUT2D eigenvalue weighted by Gasteiger charge is -2.35. The van der Waals surface area contributed by atoms with Gasteiger partial charge in [0.05, 0.1) is 24.7 Å². The third-order valence-corrected chi connectivity index (χ3v) is 6.02. The summed E-state index contributed by atoms with van der Waals surface area (Å²) in [5.74, 6) is -0.691. The predicted octanol–water partition coefficient (Wildman–Crippen LogP) is 4.75. The van der Waals surface area contributed by atoms with E-state index in [-0.39, 0.29) is 49.1 Å². The van der Waals surface area contributed by atoms with Crippen LogP contribution in [0.2, 0.25) is 0 Å². The number of ketones is 1. The number of carbonyl (C=O) groups is 2. The average molecular weight is 519 g/mol. The molecule has 0 radical (unpaired) electrons. The molecular formula is C26H25F4N3O4. The molecule has 0 N–H and O–H groups in total. The number of amides is 1. The van der Waals surface area contributed by atoms with Gasteiger partial charge in [0.1, 0.15) is 17.6 Å². The molecule has 0 spiro atoms. The molecule has 0 bridgehead atoms. The number of aromatic nitrogens is 2. The topological polar surface area (TPSA) is 73.7 Å². The van der Waals surface area contributed by atoms with Crippen molar-refractivity contribution in [1.29, 1.82) is 0 Å². The largest absolute Gasteiger partial charge is 0.573 e. The minimum atomic E-state index is -4.80. The molecule has 1 amide bonds. The van der Waals surface area contributed by atoms with Crippen molar-refractivity contribution >= 4 is 11.7 Å². The number of Topliss-reactive ketones (excluding diaryl/α,β-unsaturated/α-hetero) is 1. The van der Waals surface area contributed by atoms with E-state index in [0.29, 0.717) is 11.1 Å². The van der Waals surface area contributed by atoms with Gasteiger partial charge in [-0.3, -0.25) is 14.3 Å². The first-order valence-electron chi connectivity index (χ1n) is 11.6. The zero-order valence-corrected chi connectivity index (χ0v) is 20.2. The Morgan fingerprint density at radius 2 is 1.84 bits per heavy atom. The number of halogens is 4. The molecule has 1 saturated heterocycles. The number of alkyl halides is 4. The molecule has 4 rings (SSSR count).